The lowest BCUT2D eigenvalue weighted by molar-refractivity contribution is -0.116. The Balaban J connectivity index is 1.86. The fourth-order valence-corrected chi connectivity index (χ4v) is 3.07. The summed E-state index contributed by atoms with van der Waals surface area (Å²) in [7, 11) is 0. The number of hydrogen-bond acceptors (Lipinski definition) is 2. The van der Waals surface area contributed by atoms with Crippen molar-refractivity contribution in [2.75, 3.05) is 5.32 Å². The number of carbonyl (C=O) groups is 1. The maximum absolute atomic E-state index is 14.2. The van der Waals surface area contributed by atoms with E-state index in [2.05, 4.69) is 10.3 Å². The van der Waals surface area contributed by atoms with Gasteiger partial charge in [0.15, 0.2) is 0 Å². The third-order valence-corrected chi connectivity index (χ3v) is 4.19. The summed E-state index contributed by atoms with van der Waals surface area (Å²) < 4.78 is 42.7. The minimum Gasteiger partial charge on any atom is -0.310 e. The molecular weight excluding hydrogens is 331 g/mol. The van der Waals surface area contributed by atoms with Crippen molar-refractivity contribution < 1.29 is 18.0 Å². The van der Waals surface area contributed by atoms with E-state index in [-0.39, 0.29) is 17.9 Å². The molecule has 2 heterocycles. The van der Waals surface area contributed by atoms with Gasteiger partial charge in [-0.05, 0) is 36.4 Å². The molecule has 0 spiro atoms. The van der Waals surface area contributed by atoms with E-state index < -0.39 is 23.4 Å². The summed E-state index contributed by atoms with van der Waals surface area (Å²) in [5, 5.41) is 2.68. The number of aromatic nitrogens is 2. The van der Waals surface area contributed by atoms with Crippen molar-refractivity contribution in [3.05, 3.63) is 77.5 Å². The Morgan fingerprint density at radius 3 is 2.68 bits per heavy atom. The van der Waals surface area contributed by atoms with Crippen molar-refractivity contribution >= 4 is 11.7 Å². The molecule has 1 atom stereocenters. The molecule has 7 heteroatoms. The van der Waals surface area contributed by atoms with Crippen molar-refractivity contribution in [1.82, 2.24) is 9.55 Å². The second kappa shape index (κ2) is 5.77. The number of halogens is 3. The smallest absolute Gasteiger partial charge is 0.226 e. The van der Waals surface area contributed by atoms with Gasteiger partial charge < -0.3 is 5.32 Å². The van der Waals surface area contributed by atoms with E-state index in [9.17, 15) is 18.0 Å². The number of benzene rings is 2. The number of rotatable bonds is 2. The molecule has 0 radical (unpaired) electrons. The molecule has 25 heavy (non-hydrogen) atoms. The fraction of sp³-hybridized carbons (Fsp3) is 0.111. The van der Waals surface area contributed by atoms with Crippen LogP contribution in [0.5, 0.6) is 0 Å². The molecule has 0 aliphatic carbocycles. The molecule has 0 saturated heterocycles. The summed E-state index contributed by atoms with van der Waals surface area (Å²) in [6, 6.07) is 8.91. The van der Waals surface area contributed by atoms with Gasteiger partial charge in [-0.2, -0.15) is 0 Å². The lowest BCUT2D eigenvalue weighted by atomic mass is 9.89. The predicted octanol–water partition coefficient (Wildman–Crippen LogP) is 3.76. The van der Waals surface area contributed by atoms with E-state index in [1.54, 1.807) is 6.07 Å². The summed E-state index contributed by atoms with van der Waals surface area (Å²) >= 11 is 0. The highest BCUT2D eigenvalue weighted by Gasteiger charge is 2.32. The van der Waals surface area contributed by atoms with Crippen LogP contribution in [0.15, 0.2) is 48.8 Å². The van der Waals surface area contributed by atoms with Crippen LogP contribution >= 0.6 is 0 Å². The zero-order valence-electron chi connectivity index (χ0n) is 12.8. The average molecular weight is 343 g/mol. The first-order valence-corrected chi connectivity index (χ1v) is 7.61. The Labute approximate surface area is 140 Å². The number of amides is 1. The topological polar surface area (TPSA) is 46.9 Å². The number of anilines is 1. The van der Waals surface area contributed by atoms with Crippen LogP contribution in [-0.2, 0) is 4.79 Å². The second-order valence-electron chi connectivity index (χ2n) is 5.80. The summed E-state index contributed by atoms with van der Waals surface area (Å²) in [5.41, 5.74) is 0.948. The van der Waals surface area contributed by atoms with Crippen LogP contribution in [0.1, 0.15) is 23.6 Å². The maximum Gasteiger partial charge on any atom is 0.226 e. The number of fused-ring (bicyclic) bond motifs is 1. The average Bonchev–Trinajstić information content (AvgIpc) is 3.00. The standard InChI is InChI=1S/C18H12F3N3O/c19-10-2-1-3-12(6-10)24-9-22-17-14(8-16(25)23-18(17)24)13-7-11(20)4-5-15(13)21/h1-7,9,14H,8H2,(H,23,25)/t14-/m0/s1. The van der Waals surface area contributed by atoms with Gasteiger partial charge in [0.05, 0.1) is 11.4 Å². The molecule has 0 unspecified atom stereocenters. The van der Waals surface area contributed by atoms with Gasteiger partial charge in [-0.3, -0.25) is 9.36 Å². The lowest BCUT2D eigenvalue weighted by Crippen LogP contribution is -2.25. The normalized spacial score (nSPS) is 16.4. The molecule has 1 aliphatic heterocycles. The van der Waals surface area contributed by atoms with Crippen LogP contribution in [0.2, 0.25) is 0 Å². The van der Waals surface area contributed by atoms with E-state index in [1.807, 2.05) is 0 Å². The first-order valence-electron chi connectivity index (χ1n) is 7.61. The van der Waals surface area contributed by atoms with E-state index in [1.165, 1.54) is 29.1 Å². The molecule has 4 rings (SSSR count). The summed E-state index contributed by atoms with van der Waals surface area (Å²) in [4.78, 5) is 16.4. The first-order chi connectivity index (χ1) is 12.0. The van der Waals surface area contributed by atoms with Crippen LogP contribution < -0.4 is 5.32 Å². The van der Waals surface area contributed by atoms with Gasteiger partial charge in [0.25, 0.3) is 0 Å². The molecule has 1 N–H and O–H groups in total. The van der Waals surface area contributed by atoms with Crippen molar-refractivity contribution in [2.24, 2.45) is 0 Å². The Morgan fingerprint density at radius 2 is 1.88 bits per heavy atom. The molecule has 0 bridgehead atoms. The second-order valence-corrected chi connectivity index (χ2v) is 5.80. The quantitative estimate of drug-likeness (QED) is 0.770. The molecule has 1 aromatic heterocycles. The third-order valence-electron chi connectivity index (χ3n) is 4.19. The Hall–Kier alpha value is -3.09. The highest BCUT2D eigenvalue weighted by molar-refractivity contribution is 5.94. The van der Waals surface area contributed by atoms with Gasteiger partial charge in [0, 0.05) is 17.9 Å². The van der Waals surface area contributed by atoms with E-state index in [0.29, 0.717) is 17.2 Å². The Morgan fingerprint density at radius 1 is 1.08 bits per heavy atom. The largest absolute Gasteiger partial charge is 0.310 e. The van der Waals surface area contributed by atoms with Crippen molar-refractivity contribution in [1.29, 1.82) is 0 Å². The van der Waals surface area contributed by atoms with Crippen LogP contribution in [0.3, 0.4) is 0 Å². The van der Waals surface area contributed by atoms with Crippen molar-refractivity contribution in [2.45, 2.75) is 12.3 Å². The van der Waals surface area contributed by atoms with E-state index >= 15 is 0 Å². The zero-order valence-corrected chi connectivity index (χ0v) is 12.8. The highest BCUT2D eigenvalue weighted by Crippen LogP contribution is 2.38. The molecular formula is C18H12F3N3O. The van der Waals surface area contributed by atoms with Crippen LogP contribution in [0, 0.1) is 17.5 Å². The number of nitrogens with zero attached hydrogens (tertiary/aromatic N) is 2. The van der Waals surface area contributed by atoms with Gasteiger partial charge >= 0.3 is 0 Å². The van der Waals surface area contributed by atoms with Crippen LogP contribution in [0.4, 0.5) is 19.0 Å². The number of carbonyl (C=O) groups excluding carboxylic acids is 1. The van der Waals surface area contributed by atoms with Gasteiger partial charge in [-0.15, -0.1) is 0 Å². The van der Waals surface area contributed by atoms with Gasteiger partial charge in [0.2, 0.25) is 5.91 Å². The van der Waals surface area contributed by atoms with E-state index in [4.69, 9.17) is 0 Å². The number of hydrogen-bond donors (Lipinski definition) is 1. The number of imidazole rings is 1. The van der Waals surface area contributed by atoms with Gasteiger partial charge in [-0.1, -0.05) is 6.07 Å². The SMILES string of the molecule is O=C1C[C@@H](c2cc(F)ccc2F)c2ncn(-c3cccc(F)c3)c2N1. The zero-order chi connectivity index (χ0) is 17.6. The predicted molar refractivity (Wildman–Crippen MR) is 85.0 cm³/mol. The molecule has 0 saturated carbocycles. The molecule has 1 aliphatic rings. The molecule has 3 aromatic rings. The highest BCUT2D eigenvalue weighted by atomic mass is 19.1. The number of nitrogens with one attached hydrogen (secondary N) is 1. The fourth-order valence-electron chi connectivity index (χ4n) is 3.07. The maximum atomic E-state index is 14.2. The molecule has 126 valence electrons. The minimum atomic E-state index is -0.714. The molecule has 1 amide bonds. The lowest BCUT2D eigenvalue weighted by Gasteiger charge is -2.23. The van der Waals surface area contributed by atoms with Crippen LogP contribution in [0.25, 0.3) is 5.69 Å². The molecule has 4 nitrogen and oxygen atoms in total. The Kier molecular flexibility index (Phi) is 3.56. The summed E-state index contributed by atoms with van der Waals surface area (Å²) in [5.74, 6) is -2.36. The molecule has 2 aromatic carbocycles. The monoisotopic (exact) mass is 343 g/mol. The molecule has 0 fully saturated rings. The van der Waals surface area contributed by atoms with E-state index in [0.717, 1.165) is 18.2 Å². The van der Waals surface area contributed by atoms with Gasteiger partial charge in [-0.25, -0.2) is 18.2 Å². The Bertz CT molecular complexity index is 983. The van der Waals surface area contributed by atoms with Crippen molar-refractivity contribution in [3.8, 4) is 5.69 Å². The van der Waals surface area contributed by atoms with Gasteiger partial charge in [0.1, 0.15) is 29.6 Å². The van der Waals surface area contributed by atoms with Crippen molar-refractivity contribution in [3.63, 3.8) is 0 Å². The first kappa shape index (κ1) is 15.4. The minimum absolute atomic E-state index is 0.0481. The summed E-state index contributed by atoms with van der Waals surface area (Å²) in [6.45, 7) is 0. The third kappa shape index (κ3) is 2.67. The summed E-state index contributed by atoms with van der Waals surface area (Å²) in [6.07, 6.45) is 1.38. The van der Waals surface area contributed by atoms with Crippen LogP contribution in [-0.4, -0.2) is 15.5 Å².